The highest BCUT2D eigenvalue weighted by atomic mass is 16.6. The Morgan fingerprint density at radius 1 is 1.00 bits per heavy atom. The van der Waals surface area contributed by atoms with Gasteiger partial charge in [0.2, 0.25) is 0 Å². The van der Waals surface area contributed by atoms with Crippen molar-refractivity contribution in [3.8, 4) is 0 Å². The molecule has 0 bridgehead atoms. The Morgan fingerprint density at radius 3 is 2.00 bits per heavy atom. The first-order valence-corrected chi connectivity index (χ1v) is 7.05. The number of fused-ring (bicyclic) bond motifs is 1. The predicted octanol–water partition coefficient (Wildman–Crippen LogP) is 0.746. The SMILES string of the molecule is Cn1c(=O)c(=O)n(C)c2cc([N+](=O)[O-])c(N3CCCC3)cc21. The smallest absolute Gasteiger partial charge is 0.316 e. The van der Waals surface area contributed by atoms with Gasteiger partial charge >= 0.3 is 11.1 Å². The van der Waals surface area contributed by atoms with E-state index in [9.17, 15) is 19.7 Å². The topological polar surface area (TPSA) is 90.4 Å². The minimum atomic E-state index is -0.696. The van der Waals surface area contributed by atoms with Gasteiger partial charge in [-0.3, -0.25) is 19.7 Å². The number of hydrogen-bond donors (Lipinski definition) is 0. The third-order valence-electron chi connectivity index (χ3n) is 4.23. The molecule has 22 heavy (non-hydrogen) atoms. The van der Waals surface area contributed by atoms with Crippen LogP contribution >= 0.6 is 0 Å². The summed E-state index contributed by atoms with van der Waals surface area (Å²) in [6.45, 7) is 1.51. The molecule has 1 aromatic carbocycles. The van der Waals surface area contributed by atoms with Crippen molar-refractivity contribution in [1.29, 1.82) is 0 Å². The van der Waals surface area contributed by atoms with Crippen LogP contribution in [0.15, 0.2) is 21.7 Å². The Bertz CT molecular complexity index is 890. The normalized spacial score (nSPS) is 14.7. The van der Waals surface area contributed by atoms with Crippen LogP contribution in [-0.4, -0.2) is 27.1 Å². The maximum absolute atomic E-state index is 11.9. The van der Waals surface area contributed by atoms with Gasteiger partial charge in [-0.15, -0.1) is 0 Å². The summed E-state index contributed by atoms with van der Waals surface area (Å²) in [5.41, 5.74) is 0.0162. The predicted molar refractivity (Wildman–Crippen MR) is 82.5 cm³/mol. The molecule has 0 aliphatic carbocycles. The third-order valence-corrected chi connectivity index (χ3v) is 4.23. The summed E-state index contributed by atoms with van der Waals surface area (Å²) < 4.78 is 2.42. The van der Waals surface area contributed by atoms with E-state index < -0.39 is 16.0 Å². The largest absolute Gasteiger partial charge is 0.366 e. The summed E-state index contributed by atoms with van der Waals surface area (Å²) >= 11 is 0. The van der Waals surface area contributed by atoms with Crippen molar-refractivity contribution in [2.24, 2.45) is 14.1 Å². The summed E-state index contributed by atoms with van der Waals surface area (Å²) in [6, 6.07) is 3.02. The second kappa shape index (κ2) is 4.97. The van der Waals surface area contributed by atoms with Gasteiger partial charge < -0.3 is 14.0 Å². The van der Waals surface area contributed by atoms with Crippen molar-refractivity contribution >= 4 is 22.4 Å². The zero-order valence-electron chi connectivity index (χ0n) is 12.4. The third kappa shape index (κ3) is 1.99. The first-order valence-electron chi connectivity index (χ1n) is 7.05. The molecule has 1 aromatic heterocycles. The van der Waals surface area contributed by atoms with E-state index in [1.165, 1.54) is 29.3 Å². The first-order chi connectivity index (χ1) is 10.4. The molecule has 3 rings (SSSR count). The van der Waals surface area contributed by atoms with Crippen molar-refractivity contribution < 1.29 is 4.92 Å². The molecule has 0 unspecified atom stereocenters. The van der Waals surface area contributed by atoms with Crippen LogP contribution in [0.4, 0.5) is 11.4 Å². The number of anilines is 1. The van der Waals surface area contributed by atoms with Crippen LogP contribution in [0.5, 0.6) is 0 Å². The number of nitro benzene ring substituents is 1. The summed E-state index contributed by atoms with van der Waals surface area (Å²) in [4.78, 5) is 36.7. The quantitative estimate of drug-likeness (QED) is 0.464. The lowest BCUT2D eigenvalue weighted by Gasteiger charge is -2.19. The Morgan fingerprint density at radius 2 is 1.50 bits per heavy atom. The molecule has 1 aliphatic rings. The van der Waals surface area contributed by atoms with E-state index in [0.717, 1.165) is 25.9 Å². The number of benzene rings is 1. The zero-order chi connectivity index (χ0) is 16.0. The summed E-state index contributed by atoms with van der Waals surface area (Å²) in [6.07, 6.45) is 1.97. The lowest BCUT2D eigenvalue weighted by atomic mass is 10.2. The molecule has 0 N–H and O–H groups in total. The average molecular weight is 304 g/mol. The highest BCUT2D eigenvalue weighted by Gasteiger charge is 2.24. The van der Waals surface area contributed by atoms with E-state index in [2.05, 4.69) is 0 Å². The van der Waals surface area contributed by atoms with Crippen LogP contribution in [0.25, 0.3) is 11.0 Å². The molecule has 1 fully saturated rings. The molecule has 1 aliphatic heterocycles. The fraction of sp³-hybridized carbons (Fsp3) is 0.429. The van der Waals surface area contributed by atoms with Gasteiger partial charge in [-0.1, -0.05) is 0 Å². The van der Waals surface area contributed by atoms with E-state index in [0.29, 0.717) is 16.7 Å². The van der Waals surface area contributed by atoms with Gasteiger partial charge in [0.15, 0.2) is 0 Å². The molecule has 2 heterocycles. The monoisotopic (exact) mass is 304 g/mol. The van der Waals surface area contributed by atoms with Crippen molar-refractivity contribution in [3.05, 3.63) is 43.0 Å². The van der Waals surface area contributed by atoms with Gasteiger partial charge in [0.25, 0.3) is 5.69 Å². The molecule has 1 saturated heterocycles. The van der Waals surface area contributed by atoms with E-state index in [1.54, 1.807) is 6.07 Å². The van der Waals surface area contributed by atoms with Crippen molar-refractivity contribution in [1.82, 2.24) is 9.13 Å². The van der Waals surface area contributed by atoms with Crippen molar-refractivity contribution in [3.63, 3.8) is 0 Å². The fourth-order valence-electron chi connectivity index (χ4n) is 2.96. The van der Waals surface area contributed by atoms with Crippen LogP contribution in [0.1, 0.15) is 12.8 Å². The van der Waals surface area contributed by atoms with Gasteiger partial charge in [0.05, 0.1) is 16.0 Å². The summed E-state index contributed by atoms with van der Waals surface area (Å²) in [5, 5.41) is 11.4. The van der Waals surface area contributed by atoms with Gasteiger partial charge in [-0.05, 0) is 18.9 Å². The second-order valence-corrected chi connectivity index (χ2v) is 5.51. The standard InChI is InChI=1S/C14H16N4O4/c1-15-9-7-11(17-5-3-4-6-17)12(18(21)22)8-10(9)16(2)14(20)13(15)19/h7-8H,3-6H2,1-2H3. The first kappa shape index (κ1) is 14.3. The van der Waals surface area contributed by atoms with Crippen LogP contribution in [0, 0.1) is 10.1 Å². The van der Waals surface area contributed by atoms with Gasteiger partial charge in [0, 0.05) is 33.3 Å². The lowest BCUT2D eigenvalue weighted by Crippen LogP contribution is -2.39. The number of hydrogen-bond acceptors (Lipinski definition) is 5. The van der Waals surface area contributed by atoms with Gasteiger partial charge in [-0.2, -0.15) is 0 Å². The molecule has 8 nitrogen and oxygen atoms in total. The molecule has 0 radical (unpaired) electrons. The maximum Gasteiger partial charge on any atom is 0.316 e. The number of rotatable bonds is 2. The minimum Gasteiger partial charge on any atom is -0.366 e. The number of aryl methyl sites for hydroxylation is 2. The minimum absolute atomic E-state index is 0.0388. The maximum atomic E-state index is 11.9. The van der Waals surface area contributed by atoms with Crippen LogP contribution in [0.2, 0.25) is 0 Å². The Hall–Kier alpha value is -2.64. The number of aromatic nitrogens is 2. The summed E-state index contributed by atoms with van der Waals surface area (Å²) in [5.74, 6) is 0. The molecule has 0 amide bonds. The van der Waals surface area contributed by atoms with Gasteiger partial charge in [-0.25, -0.2) is 0 Å². The molecule has 116 valence electrons. The molecule has 2 aromatic rings. The lowest BCUT2D eigenvalue weighted by molar-refractivity contribution is -0.384. The highest BCUT2D eigenvalue weighted by Crippen LogP contribution is 2.33. The number of nitrogens with zero attached hydrogens (tertiary/aromatic N) is 4. The molecule has 0 spiro atoms. The van der Waals surface area contributed by atoms with Crippen molar-refractivity contribution in [2.45, 2.75) is 12.8 Å². The molecule has 0 saturated carbocycles. The van der Waals surface area contributed by atoms with Gasteiger partial charge in [0.1, 0.15) is 5.69 Å². The second-order valence-electron chi connectivity index (χ2n) is 5.51. The van der Waals surface area contributed by atoms with E-state index in [4.69, 9.17) is 0 Å². The Labute approximate surface area is 125 Å². The molecule has 8 heteroatoms. The van der Waals surface area contributed by atoms with E-state index in [-0.39, 0.29) is 5.69 Å². The molecular formula is C14H16N4O4. The average Bonchev–Trinajstić information content (AvgIpc) is 3.03. The van der Waals surface area contributed by atoms with E-state index >= 15 is 0 Å². The van der Waals surface area contributed by atoms with Crippen LogP contribution < -0.4 is 16.0 Å². The zero-order valence-corrected chi connectivity index (χ0v) is 12.4. The van der Waals surface area contributed by atoms with Crippen molar-refractivity contribution in [2.75, 3.05) is 18.0 Å². The fourth-order valence-corrected chi connectivity index (χ4v) is 2.96. The Kier molecular flexibility index (Phi) is 3.23. The number of nitro groups is 1. The van der Waals surface area contributed by atoms with Crippen LogP contribution in [-0.2, 0) is 14.1 Å². The van der Waals surface area contributed by atoms with E-state index in [1.807, 2.05) is 4.90 Å². The Balaban J connectivity index is 2.41. The molecule has 0 atom stereocenters. The van der Waals surface area contributed by atoms with Crippen LogP contribution in [0.3, 0.4) is 0 Å². The highest BCUT2D eigenvalue weighted by molar-refractivity contribution is 5.85. The summed E-state index contributed by atoms with van der Waals surface area (Å²) in [7, 11) is 2.96. The molecular weight excluding hydrogens is 288 g/mol.